The van der Waals surface area contributed by atoms with Gasteiger partial charge in [0.2, 0.25) is 5.88 Å². The molecule has 0 bridgehead atoms. The lowest BCUT2D eigenvalue weighted by molar-refractivity contribution is -0.0827. The van der Waals surface area contributed by atoms with Crippen molar-refractivity contribution in [3.63, 3.8) is 0 Å². The van der Waals surface area contributed by atoms with E-state index in [1.807, 2.05) is 4.90 Å². The van der Waals surface area contributed by atoms with Gasteiger partial charge in [0.25, 0.3) is 5.91 Å². The Morgan fingerprint density at radius 2 is 2.19 bits per heavy atom. The normalized spacial score (nSPS) is 22.3. The van der Waals surface area contributed by atoms with Crippen LogP contribution in [0.15, 0.2) is 41.4 Å². The fourth-order valence-electron chi connectivity index (χ4n) is 4.02. The molecule has 4 heterocycles. The molecule has 26 heavy (non-hydrogen) atoms. The van der Waals surface area contributed by atoms with E-state index in [1.165, 1.54) is 6.26 Å². The first kappa shape index (κ1) is 17.0. The van der Waals surface area contributed by atoms with Gasteiger partial charge < -0.3 is 18.8 Å². The van der Waals surface area contributed by atoms with Gasteiger partial charge in [-0.15, -0.1) is 0 Å². The van der Waals surface area contributed by atoms with Crippen LogP contribution >= 0.6 is 0 Å². The Bertz CT molecular complexity index is 712. The zero-order valence-electron chi connectivity index (χ0n) is 14.7. The number of ether oxygens (including phenoxy) is 2. The van der Waals surface area contributed by atoms with Gasteiger partial charge >= 0.3 is 0 Å². The molecule has 4 rings (SSSR count). The molecule has 0 radical (unpaired) electrons. The Balaban J connectivity index is 1.39. The third kappa shape index (κ3) is 3.44. The van der Waals surface area contributed by atoms with Crippen molar-refractivity contribution in [2.24, 2.45) is 11.3 Å². The van der Waals surface area contributed by atoms with Gasteiger partial charge in [0.15, 0.2) is 5.76 Å². The standard InChI is InChI=1S/C19H23N3O4/c23-18(16-2-1-10-25-16)22-8-3-19(4-9-22)5-11-24-13-15(19)14-26-17-12-20-6-7-21-17/h1-2,6-7,10,12,15H,3-5,8-9,11,13-14H2/t15-/m1/s1. The first-order chi connectivity index (χ1) is 12.8. The molecule has 2 saturated heterocycles. The molecule has 1 amide bonds. The Hall–Kier alpha value is -2.41. The van der Waals surface area contributed by atoms with Crippen LogP contribution in [-0.2, 0) is 4.74 Å². The van der Waals surface area contributed by atoms with Gasteiger partial charge in [-0.1, -0.05) is 0 Å². The first-order valence-corrected chi connectivity index (χ1v) is 9.06. The van der Waals surface area contributed by atoms with Gasteiger partial charge in [0.1, 0.15) is 0 Å². The summed E-state index contributed by atoms with van der Waals surface area (Å²) in [6, 6.07) is 3.47. The fourth-order valence-corrected chi connectivity index (χ4v) is 4.02. The molecule has 7 nitrogen and oxygen atoms in total. The van der Waals surface area contributed by atoms with Crippen molar-refractivity contribution in [3.8, 4) is 5.88 Å². The molecular formula is C19H23N3O4. The predicted molar refractivity (Wildman–Crippen MR) is 92.7 cm³/mol. The highest BCUT2D eigenvalue weighted by Crippen LogP contribution is 2.45. The Morgan fingerprint density at radius 1 is 1.31 bits per heavy atom. The highest BCUT2D eigenvalue weighted by atomic mass is 16.5. The van der Waals surface area contributed by atoms with Crippen molar-refractivity contribution in [2.45, 2.75) is 19.3 Å². The van der Waals surface area contributed by atoms with E-state index in [1.54, 1.807) is 30.7 Å². The Morgan fingerprint density at radius 3 is 2.92 bits per heavy atom. The lowest BCUT2D eigenvalue weighted by atomic mass is 9.66. The Labute approximate surface area is 152 Å². The highest BCUT2D eigenvalue weighted by Gasteiger charge is 2.44. The summed E-state index contributed by atoms with van der Waals surface area (Å²) in [5.41, 5.74) is 0.153. The van der Waals surface area contributed by atoms with Crippen molar-refractivity contribution in [1.82, 2.24) is 14.9 Å². The van der Waals surface area contributed by atoms with Gasteiger partial charge in [-0.05, 0) is 36.8 Å². The maximum atomic E-state index is 12.5. The van der Waals surface area contributed by atoms with Crippen LogP contribution in [0.5, 0.6) is 5.88 Å². The fraction of sp³-hybridized carbons (Fsp3) is 0.526. The van der Waals surface area contributed by atoms with Crippen molar-refractivity contribution >= 4 is 5.91 Å². The molecule has 7 heteroatoms. The molecule has 2 fully saturated rings. The van der Waals surface area contributed by atoms with Gasteiger partial charge in [-0.25, -0.2) is 4.98 Å². The van der Waals surface area contributed by atoms with Gasteiger partial charge in [-0.2, -0.15) is 0 Å². The van der Waals surface area contributed by atoms with Gasteiger partial charge in [0, 0.05) is 38.0 Å². The Kier molecular flexibility index (Phi) is 4.88. The molecule has 0 aromatic carbocycles. The van der Waals surface area contributed by atoms with E-state index in [-0.39, 0.29) is 11.3 Å². The van der Waals surface area contributed by atoms with E-state index < -0.39 is 0 Å². The molecule has 1 atom stereocenters. The molecule has 0 saturated carbocycles. The zero-order chi connectivity index (χ0) is 17.8. The second-order valence-electron chi connectivity index (χ2n) is 7.01. The number of likely N-dealkylation sites (tertiary alicyclic amines) is 1. The number of carbonyl (C=O) groups excluding carboxylic acids is 1. The van der Waals surface area contributed by atoms with Crippen LogP contribution in [0.25, 0.3) is 0 Å². The summed E-state index contributed by atoms with van der Waals surface area (Å²) in [5, 5.41) is 0. The van der Waals surface area contributed by atoms with E-state index in [0.717, 1.165) is 39.0 Å². The van der Waals surface area contributed by atoms with Crippen molar-refractivity contribution in [3.05, 3.63) is 42.7 Å². The lowest BCUT2D eigenvalue weighted by Gasteiger charge is -2.48. The van der Waals surface area contributed by atoms with E-state index in [9.17, 15) is 4.79 Å². The van der Waals surface area contributed by atoms with Gasteiger partial charge in [-0.3, -0.25) is 9.78 Å². The maximum absolute atomic E-state index is 12.5. The molecule has 2 aromatic heterocycles. The van der Waals surface area contributed by atoms with E-state index >= 15 is 0 Å². The molecule has 2 aliphatic heterocycles. The predicted octanol–water partition coefficient (Wildman–Crippen LogP) is 2.41. The first-order valence-electron chi connectivity index (χ1n) is 9.06. The number of rotatable bonds is 4. The highest BCUT2D eigenvalue weighted by molar-refractivity contribution is 5.91. The van der Waals surface area contributed by atoms with Crippen molar-refractivity contribution in [1.29, 1.82) is 0 Å². The summed E-state index contributed by atoms with van der Waals surface area (Å²) >= 11 is 0. The molecule has 0 aliphatic carbocycles. The second kappa shape index (κ2) is 7.45. The number of amides is 1. The third-order valence-corrected chi connectivity index (χ3v) is 5.68. The number of carbonyl (C=O) groups is 1. The van der Waals surface area contributed by atoms with Gasteiger partial charge in [0.05, 0.1) is 25.7 Å². The number of piperidine rings is 1. The van der Waals surface area contributed by atoms with E-state index in [4.69, 9.17) is 13.9 Å². The summed E-state index contributed by atoms with van der Waals surface area (Å²) in [6.07, 6.45) is 9.34. The molecule has 138 valence electrons. The molecular weight excluding hydrogens is 334 g/mol. The number of furan rings is 1. The minimum absolute atomic E-state index is 0.0238. The van der Waals surface area contributed by atoms with Crippen molar-refractivity contribution in [2.75, 3.05) is 32.9 Å². The maximum Gasteiger partial charge on any atom is 0.289 e. The molecule has 2 aromatic rings. The minimum atomic E-state index is -0.0238. The van der Waals surface area contributed by atoms with Crippen LogP contribution in [0.3, 0.4) is 0 Å². The van der Waals surface area contributed by atoms with Crippen LogP contribution in [0.2, 0.25) is 0 Å². The van der Waals surface area contributed by atoms with Crippen LogP contribution < -0.4 is 4.74 Å². The molecule has 2 aliphatic rings. The molecule has 0 unspecified atom stereocenters. The van der Waals surface area contributed by atoms with E-state index in [0.29, 0.717) is 30.8 Å². The monoisotopic (exact) mass is 357 g/mol. The van der Waals surface area contributed by atoms with Crippen LogP contribution in [0.4, 0.5) is 0 Å². The topological polar surface area (TPSA) is 77.7 Å². The summed E-state index contributed by atoms with van der Waals surface area (Å²) in [6.45, 7) is 3.49. The van der Waals surface area contributed by atoms with Crippen LogP contribution in [-0.4, -0.2) is 53.7 Å². The van der Waals surface area contributed by atoms with E-state index in [2.05, 4.69) is 9.97 Å². The number of hydrogen-bond acceptors (Lipinski definition) is 6. The van der Waals surface area contributed by atoms with Crippen LogP contribution in [0.1, 0.15) is 29.8 Å². The second-order valence-corrected chi connectivity index (χ2v) is 7.01. The number of aromatic nitrogens is 2. The third-order valence-electron chi connectivity index (χ3n) is 5.68. The number of hydrogen-bond donors (Lipinski definition) is 0. The summed E-state index contributed by atoms with van der Waals surface area (Å²) in [4.78, 5) is 22.6. The summed E-state index contributed by atoms with van der Waals surface area (Å²) in [5.74, 6) is 1.22. The average molecular weight is 357 g/mol. The largest absolute Gasteiger partial charge is 0.476 e. The zero-order valence-corrected chi connectivity index (χ0v) is 14.7. The minimum Gasteiger partial charge on any atom is -0.476 e. The summed E-state index contributed by atoms with van der Waals surface area (Å²) in [7, 11) is 0. The molecule has 0 N–H and O–H groups in total. The van der Waals surface area contributed by atoms with Crippen molar-refractivity contribution < 1.29 is 18.7 Å². The summed E-state index contributed by atoms with van der Waals surface area (Å²) < 4.78 is 16.8. The number of nitrogens with zero attached hydrogens (tertiary/aromatic N) is 3. The lowest BCUT2D eigenvalue weighted by Crippen LogP contribution is -2.50. The molecule has 1 spiro atoms. The smallest absolute Gasteiger partial charge is 0.289 e. The quantitative estimate of drug-likeness (QED) is 0.836. The van der Waals surface area contributed by atoms with Crippen LogP contribution in [0, 0.1) is 11.3 Å². The average Bonchev–Trinajstić information content (AvgIpc) is 3.23. The SMILES string of the molecule is O=C(c1ccco1)N1CCC2(CCOC[C@@H]2COc2cnccn2)CC1.